The molecule has 10 heteroatoms. The fraction of sp³-hybridized carbons (Fsp3) is 0.147. The number of aromatic nitrogens is 3. The number of nitrogens with zero attached hydrogens (tertiary/aromatic N) is 3. The largest absolute Gasteiger partial charge is 0.455 e. The zero-order chi connectivity index (χ0) is 30.7. The lowest BCUT2D eigenvalue weighted by Gasteiger charge is -2.19. The number of pyridine rings is 1. The Morgan fingerprint density at radius 2 is 1.61 bits per heavy atom. The highest BCUT2D eigenvalue weighted by Crippen LogP contribution is 2.35. The average Bonchev–Trinajstić information content (AvgIpc) is 3.39. The Morgan fingerprint density at radius 3 is 2.43 bits per heavy atom. The first-order valence-electron chi connectivity index (χ1n) is 14.0. The summed E-state index contributed by atoms with van der Waals surface area (Å²) >= 11 is 0. The van der Waals surface area contributed by atoms with Crippen LogP contribution in [-0.2, 0) is 11.3 Å². The highest BCUT2D eigenvalue weighted by Gasteiger charge is 2.17. The van der Waals surface area contributed by atoms with Gasteiger partial charge in [0.15, 0.2) is 0 Å². The normalized spacial score (nSPS) is 11.3. The van der Waals surface area contributed by atoms with Gasteiger partial charge in [-0.15, -0.1) is 0 Å². The summed E-state index contributed by atoms with van der Waals surface area (Å²) in [6.07, 6.45) is 2.49. The van der Waals surface area contributed by atoms with Crippen molar-refractivity contribution < 1.29 is 18.7 Å². The molecule has 3 aromatic heterocycles. The first-order valence-corrected chi connectivity index (χ1v) is 14.0. The number of furan rings is 1. The summed E-state index contributed by atoms with van der Waals surface area (Å²) in [5.74, 6) is 0.316. The van der Waals surface area contributed by atoms with Crippen LogP contribution in [0.2, 0.25) is 0 Å². The molecule has 0 atom stereocenters. The molecule has 220 valence electrons. The maximum absolute atomic E-state index is 12.9. The molecule has 10 nitrogen and oxygen atoms in total. The predicted molar refractivity (Wildman–Crippen MR) is 170 cm³/mol. The molecule has 0 saturated carbocycles. The molecule has 0 aliphatic rings. The number of para-hydroxylation sites is 2. The molecule has 0 unspecified atom stereocenters. The Bertz CT molecular complexity index is 1980. The lowest BCUT2D eigenvalue weighted by molar-refractivity contribution is 0.0523. The van der Waals surface area contributed by atoms with Crippen LogP contribution in [0.25, 0.3) is 33.2 Å². The molecule has 0 aliphatic heterocycles. The Labute approximate surface area is 253 Å². The van der Waals surface area contributed by atoms with Crippen LogP contribution in [0.1, 0.15) is 36.8 Å². The number of fused-ring (bicyclic) bond motifs is 3. The molecule has 0 fully saturated rings. The predicted octanol–water partition coefficient (Wildman–Crippen LogP) is 7.46. The molecular weight excluding hydrogens is 556 g/mol. The molecule has 3 heterocycles. The highest BCUT2D eigenvalue weighted by atomic mass is 16.6. The van der Waals surface area contributed by atoms with Gasteiger partial charge in [-0.05, 0) is 69.3 Å². The van der Waals surface area contributed by atoms with Crippen molar-refractivity contribution in [2.45, 2.75) is 32.9 Å². The van der Waals surface area contributed by atoms with Crippen LogP contribution in [0, 0.1) is 0 Å². The minimum atomic E-state index is -0.604. The fourth-order valence-corrected chi connectivity index (χ4v) is 4.70. The second-order valence-electron chi connectivity index (χ2n) is 11.1. The Morgan fingerprint density at radius 1 is 0.841 bits per heavy atom. The lowest BCUT2D eigenvalue weighted by atomic mass is 10.1. The van der Waals surface area contributed by atoms with E-state index in [9.17, 15) is 9.59 Å². The average molecular weight is 587 g/mol. The van der Waals surface area contributed by atoms with Crippen molar-refractivity contribution in [1.82, 2.24) is 20.3 Å². The van der Waals surface area contributed by atoms with Gasteiger partial charge in [-0.1, -0.05) is 30.3 Å². The summed E-state index contributed by atoms with van der Waals surface area (Å²) in [5, 5.41) is 10.9. The number of ether oxygens (including phenoxy) is 1. The van der Waals surface area contributed by atoms with Crippen molar-refractivity contribution >= 4 is 51.1 Å². The smallest absolute Gasteiger partial charge is 0.407 e. The second kappa shape index (κ2) is 11.8. The number of anilines is 3. The molecule has 0 aliphatic carbocycles. The zero-order valence-electron chi connectivity index (χ0n) is 24.4. The van der Waals surface area contributed by atoms with E-state index in [-0.39, 0.29) is 12.5 Å². The Kier molecular flexibility index (Phi) is 7.63. The van der Waals surface area contributed by atoms with Gasteiger partial charge in [-0.3, -0.25) is 9.78 Å². The van der Waals surface area contributed by atoms with Gasteiger partial charge in [0, 0.05) is 45.5 Å². The number of hydrogen-bond donors (Lipinski definition) is 3. The number of nitrogens with one attached hydrogen (secondary N) is 3. The van der Waals surface area contributed by atoms with Crippen LogP contribution < -0.4 is 16.0 Å². The molecule has 0 radical (unpaired) electrons. The molecule has 0 bridgehead atoms. The molecule has 0 saturated heterocycles. The SMILES string of the molecule is CC(C)(C)OC(=O)NCc1cc(C(=O)Nc2ccc(Nc3cc(-c4cccc5c4oc4ccccc45)ncn3)cc2)ccn1. The minimum Gasteiger partial charge on any atom is -0.455 e. The van der Waals surface area contributed by atoms with Gasteiger partial charge in [-0.2, -0.15) is 0 Å². The molecular formula is C34H30N6O4. The molecule has 6 rings (SSSR count). The first-order chi connectivity index (χ1) is 21.2. The number of amides is 2. The van der Waals surface area contributed by atoms with Crippen molar-refractivity contribution in [2.24, 2.45) is 0 Å². The maximum Gasteiger partial charge on any atom is 0.407 e. The molecule has 6 aromatic rings. The molecule has 2 amide bonds. The van der Waals surface area contributed by atoms with Gasteiger partial charge in [0.05, 0.1) is 17.9 Å². The van der Waals surface area contributed by atoms with E-state index in [0.29, 0.717) is 22.8 Å². The third kappa shape index (κ3) is 6.49. The van der Waals surface area contributed by atoms with Gasteiger partial charge < -0.3 is 25.1 Å². The quantitative estimate of drug-likeness (QED) is 0.176. The van der Waals surface area contributed by atoms with Crippen molar-refractivity contribution in [3.05, 3.63) is 109 Å². The summed E-state index contributed by atoms with van der Waals surface area (Å²) in [5.41, 5.74) is 4.96. The maximum atomic E-state index is 12.9. The third-order valence-electron chi connectivity index (χ3n) is 6.65. The number of alkyl carbamates (subject to hydrolysis) is 1. The number of carbonyl (C=O) groups excluding carboxylic acids is 2. The van der Waals surface area contributed by atoms with Gasteiger partial charge in [-0.25, -0.2) is 14.8 Å². The fourth-order valence-electron chi connectivity index (χ4n) is 4.70. The van der Waals surface area contributed by atoms with Crippen molar-refractivity contribution in [3.8, 4) is 11.3 Å². The molecule has 3 N–H and O–H groups in total. The summed E-state index contributed by atoms with van der Waals surface area (Å²) in [6, 6.07) is 26.4. The number of benzene rings is 3. The van der Waals surface area contributed by atoms with Gasteiger partial charge in [0.1, 0.15) is 28.9 Å². The van der Waals surface area contributed by atoms with E-state index in [4.69, 9.17) is 9.15 Å². The summed E-state index contributed by atoms with van der Waals surface area (Å²) in [6.45, 7) is 5.50. The standard InChI is InChI=1S/C34H30N6O4/c1-34(2,3)44-33(42)36-19-24-17-21(15-16-35-24)32(41)40-23-13-11-22(12-14-23)39-30-18-28(37-20-38-30)27-9-6-8-26-25-7-4-5-10-29(25)43-31(26)27/h4-18,20H,19H2,1-3H3,(H,36,42)(H,40,41)(H,37,38,39). The van der Waals surface area contributed by atoms with Crippen LogP contribution in [0.4, 0.5) is 22.0 Å². The van der Waals surface area contributed by atoms with Crippen LogP contribution in [0.5, 0.6) is 0 Å². The van der Waals surface area contributed by atoms with Crippen LogP contribution >= 0.6 is 0 Å². The van der Waals surface area contributed by atoms with E-state index in [1.54, 1.807) is 45.0 Å². The lowest BCUT2D eigenvalue weighted by Crippen LogP contribution is -2.32. The van der Waals surface area contributed by atoms with Gasteiger partial charge in [0.2, 0.25) is 0 Å². The van der Waals surface area contributed by atoms with Gasteiger partial charge in [0.25, 0.3) is 5.91 Å². The van der Waals surface area contributed by atoms with E-state index in [0.717, 1.165) is 38.9 Å². The van der Waals surface area contributed by atoms with E-state index in [2.05, 4.69) is 30.9 Å². The topological polar surface area (TPSA) is 131 Å². The zero-order valence-corrected chi connectivity index (χ0v) is 24.4. The monoisotopic (exact) mass is 586 g/mol. The van der Waals surface area contributed by atoms with E-state index in [1.807, 2.05) is 60.7 Å². The van der Waals surface area contributed by atoms with E-state index in [1.165, 1.54) is 12.5 Å². The van der Waals surface area contributed by atoms with Crippen LogP contribution in [0.3, 0.4) is 0 Å². The molecule has 44 heavy (non-hydrogen) atoms. The minimum absolute atomic E-state index is 0.134. The highest BCUT2D eigenvalue weighted by molar-refractivity contribution is 6.09. The van der Waals surface area contributed by atoms with Crippen molar-refractivity contribution in [3.63, 3.8) is 0 Å². The summed E-state index contributed by atoms with van der Waals surface area (Å²) < 4.78 is 11.4. The van der Waals surface area contributed by atoms with E-state index < -0.39 is 11.7 Å². The summed E-state index contributed by atoms with van der Waals surface area (Å²) in [4.78, 5) is 37.9. The van der Waals surface area contributed by atoms with Crippen LogP contribution in [0.15, 0.2) is 102 Å². The Balaban J connectivity index is 1.11. The van der Waals surface area contributed by atoms with Crippen molar-refractivity contribution in [2.75, 3.05) is 10.6 Å². The number of rotatable bonds is 7. The first kappa shape index (κ1) is 28.4. The second-order valence-corrected chi connectivity index (χ2v) is 11.1. The summed E-state index contributed by atoms with van der Waals surface area (Å²) in [7, 11) is 0. The molecule has 3 aromatic carbocycles. The van der Waals surface area contributed by atoms with Gasteiger partial charge >= 0.3 is 6.09 Å². The number of carbonyl (C=O) groups is 2. The van der Waals surface area contributed by atoms with E-state index >= 15 is 0 Å². The number of hydrogen-bond acceptors (Lipinski definition) is 8. The Hall–Kier alpha value is -5.77. The van der Waals surface area contributed by atoms with Crippen molar-refractivity contribution in [1.29, 1.82) is 0 Å². The molecule has 0 spiro atoms. The third-order valence-corrected chi connectivity index (χ3v) is 6.65. The van der Waals surface area contributed by atoms with Crippen LogP contribution in [-0.4, -0.2) is 32.6 Å².